The number of amides is 6. The SMILES string of the molecule is CC(C)CC(=O)OC1C(OC2C(CO)OC(Oc3ccc(CC4NC(=O)CN(c5ccccc5)C(=O)CNC(=O)C(CO)NC(=O)C(C(O)C5CNC(=N)N5C5OC(CO)C(O)C(O)C5O)NC(=O)C(C(O)C5CNC(=N)N5)NC4=O)cc3)C(O)C2O)OC(CO)C(O)C1O. The van der Waals surface area contributed by atoms with Crippen LogP contribution in [-0.2, 0) is 63.7 Å². The van der Waals surface area contributed by atoms with E-state index in [1.54, 1.807) is 19.9 Å². The highest BCUT2D eigenvalue weighted by Crippen LogP contribution is 2.33. The van der Waals surface area contributed by atoms with Gasteiger partial charge in [-0.15, -0.1) is 0 Å². The summed E-state index contributed by atoms with van der Waals surface area (Å²) in [6.07, 6.45) is -32.1. The summed E-state index contributed by atoms with van der Waals surface area (Å²) < 4.78 is 34.3. The molecule has 23 N–H and O–H groups in total. The first kappa shape index (κ1) is 73.2. The summed E-state index contributed by atoms with van der Waals surface area (Å²) in [6.45, 7) is -2.93. The van der Waals surface area contributed by atoms with E-state index in [1.807, 2.05) is 0 Å². The fourth-order valence-corrected chi connectivity index (χ4v) is 11.5. The Labute approximate surface area is 540 Å². The first-order valence-corrected chi connectivity index (χ1v) is 30.3. The van der Waals surface area contributed by atoms with Crippen LogP contribution in [0, 0.1) is 16.7 Å². The molecule has 23 unspecified atom stereocenters. The fraction of sp³-hybridized carbons (Fsp3) is 0.632. The third-order valence-corrected chi connectivity index (χ3v) is 16.7. The van der Waals surface area contributed by atoms with Gasteiger partial charge in [-0.1, -0.05) is 44.2 Å². The van der Waals surface area contributed by atoms with E-state index in [0.717, 1.165) is 9.80 Å². The maximum Gasteiger partial charge on any atom is 0.306 e. The van der Waals surface area contributed by atoms with E-state index >= 15 is 0 Å². The number of hydrogen-bond acceptors (Lipinski definition) is 28. The fourth-order valence-electron chi connectivity index (χ4n) is 11.5. The molecule has 6 saturated heterocycles. The van der Waals surface area contributed by atoms with Crippen LogP contribution in [0.5, 0.6) is 5.75 Å². The first-order valence-electron chi connectivity index (χ1n) is 30.3. The van der Waals surface area contributed by atoms with E-state index in [4.69, 9.17) is 39.2 Å². The average molecular weight is 1350 g/mol. The molecule has 38 heteroatoms. The summed E-state index contributed by atoms with van der Waals surface area (Å²) in [5, 5.41) is 178. The molecule has 526 valence electrons. The molecule has 0 radical (unpaired) electrons. The van der Waals surface area contributed by atoms with Gasteiger partial charge in [0.25, 0.3) is 0 Å². The molecule has 6 fully saturated rings. The maximum atomic E-state index is 15.0. The molecular weight excluding hydrogens is 1270 g/mol. The van der Waals surface area contributed by atoms with Gasteiger partial charge in [0.15, 0.2) is 30.5 Å². The summed E-state index contributed by atoms with van der Waals surface area (Å²) in [6, 6.07) is 1.48. The minimum Gasteiger partial charge on any atom is -0.462 e. The van der Waals surface area contributed by atoms with E-state index in [0.29, 0.717) is 0 Å². The number of esters is 1. The molecule has 0 aliphatic carbocycles. The second-order valence-corrected chi connectivity index (χ2v) is 23.8. The highest BCUT2D eigenvalue weighted by atomic mass is 16.7. The Morgan fingerprint density at radius 3 is 1.85 bits per heavy atom. The lowest BCUT2D eigenvalue weighted by Gasteiger charge is -2.46. The number of anilines is 1. The quantitative estimate of drug-likeness (QED) is 0.0581. The van der Waals surface area contributed by atoms with E-state index in [-0.39, 0.29) is 41.8 Å². The van der Waals surface area contributed by atoms with Crippen molar-refractivity contribution in [2.45, 2.75) is 167 Å². The number of carbonyl (C=O) groups is 7. The Balaban J connectivity index is 1.08. The molecule has 0 spiro atoms. The summed E-state index contributed by atoms with van der Waals surface area (Å²) in [5.74, 6) is -9.42. The Kier molecular flexibility index (Phi) is 25.0. The van der Waals surface area contributed by atoms with Gasteiger partial charge in [-0.05, 0) is 35.7 Å². The summed E-state index contributed by atoms with van der Waals surface area (Å²) in [4.78, 5) is 101. The lowest BCUT2D eigenvalue weighted by molar-refractivity contribution is -0.353. The monoisotopic (exact) mass is 1350 g/mol. The second-order valence-electron chi connectivity index (χ2n) is 23.8. The Hall–Kier alpha value is -7.61. The van der Waals surface area contributed by atoms with Gasteiger partial charge in [-0.25, -0.2) is 0 Å². The molecule has 0 saturated carbocycles. The lowest BCUT2D eigenvalue weighted by atomic mass is 9.95. The number of guanidine groups is 2. The van der Waals surface area contributed by atoms with Gasteiger partial charge in [0.1, 0.15) is 116 Å². The Bertz CT molecular complexity index is 3020. The smallest absolute Gasteiger partial charge is 0.306 e. The minimum absolute atomic E-state index is 0.0882. The van der Waals surface area contributed by atoms with Crippen LogP contribution in [0.4, 0.5) is 5.69 Å². The summed E-state index contributed by atoms with van der Waals surface area (Å²) in [5.41, 5.74) is 0.299. The number of aliphatic hydroxyl groups is 13. The second kappa shape index (κ2) is 32.4. The zero-order valence-electron chi connectivity index (χ0n) is 51.1. The topological polar surface area (TPSA) is 588 Å². The first-order chi connectivity index (χ1) is 45.2. The Morgan fingerprint density at radius 1 is 0.611 bits per heavy atom. The molecule has 0 bridgehead atoms. The van der Waals surface area contributed by atoms with Gasteiger partial charge in [0.2, 0.25) is 41.7 Å². The molecule has 23 atom stereocenters. The van der Waals surface area contributed by atoms with Crippen LogP contribution in [0.3, 0.4) is 0 Å². The van der Waals surface area contributed by atoms with Crippen molar-refractivity contribution in [2.24, 2.45) is 5.92 Å². The molecule has 95 heavy (non-hydrogen) atoms. The van der Waals surface area contributed by atoms with Gasteiger partial charge in [-0.2, -0.15) is 0 Å². The van der Waals surface area contributed by atoms with Gasteiger partial charge in [0.05, 0.1) is 45.1 Å². The molecule has 6 aliphatic heterocycles. The number of hydrogen-bond donors (Lipinski definition) is 23. The highest BCUT2D eigenvalue weighted by Gasteiger charge is 2.55. The Morgan fingerprint density at radius 2 is 1.22 bits per heavy atom. The number of rotatable bonds is 19. The van der Waals surface area contributed by atoms with Crippen LogP contribution in [-0.4, -0.2) is 318 Å². The van der Waals surface area contributed by atoms with Gasteiger partial charge >= 0.3 is 5.97 Å². The maximum absolute atomic E-state index is 15.0. The van der Waals surface area contributed by atoms with Crippen LogP contribution in [0.1, 0.15) is 25.8 Å². The molecule has 38 nitrogen and oxygen atoms in total. The molecule has 2 aromatic carbocycles. The average Bonchev–Trinajstić information content (AvgIpc) is 1.76. The minimum atomic E-state index is -2.37. The van der Waals surface area contributed by atoms with Crippen molar-refractivity contribution in [3.63, 3.8) is 0 Å². The molecule has 8 rings (SSSR count). The van der Waals surface area contributed by atoms with E-state index in [1.165, 1.54) is 48.5 Å². The van der Waals surface area contributed by atoms with Crippen molar-refractivity contribution in [3.8, 4) is 5.75 Å². The number of para-hydroxylation sites is 1. The van der Waals surface area contributed by atoms with Crippen molar-refractivity contribution in [1.82, 2.24) is 47.4 Å². The number of nitrogens with one attached hydrogen (secondary N) is 10. The third-order valence-electron chi connectivity index (χ3n) is 16.7. The molecule has 6 amide bonds. The number of carbonyl (C=O) groups excluding carboxylic acids is 7. The van der Waals surface area contributed by atoms with Gasteiger partial charge < -0.3 is 147 Å². The summed E-state index contributed by atoms with van der Waals surface area (Å²) >= 11 is 0. The van der Waals surface area contributed by atoms with Crippen molar-refractivity contribution >= 4 is 59.0 Å². The molecule has 0 aromatic heterocycles. The van der Waals surface area contributed by atoms with Gasteiger partial charge in [0, 0.05) is 31.6 Å². The normalized spacial score (nSPS) is 35.4. The largest absolute Gasteiger partial charge is 0.462 e. The van der Waals surface area contributed by atoms with Crippen molar-refractivity contribution in [1.29, 1.82) is 10.8 Å². The number of aliphatic hydroxyl groups excluding tert-OH is 13. The third kappa shape index (κ3) is 17.2. The molecular formula is C57H82N12O26. The van der Waals surface area contributed by atoms with Crippen LogP contribution in [0.25, 0.3) is 0 Å². The van der Waals surface area contributed by atoms with Crippen LogP contribution >= 0.6 is 0 Å². The zero-order chi connectivity index (χ0) is 69.3. The van der Waals surface area contributed by atoms with Crippen molar-refractivity contribution < 1.29 is 128 Å². The van der Waals surface area contributed by atoms with E-state index < -0.39 is 240 Å². The number of benzene rings is 2. The van der Waals surface area contributed by atoms with Crippen LogP contribution < -0.4 is 52.2 Å². The van der Waals surface area contributed by atoms with Crippen molar-refractivity contribution in [2.75, 3.05) is 57.5 Å². The van der Waals surface area contributed by atoms with Crippen LogP contribution in [0.2, 0.25) is 0 Å². The number of nitrogens with zero attached hydrogens (tertiary/aromatic N) is 2. The standard InChI is InChI=1S/C57H82N12O26/c1-22(2)12-35(76)94-48-43(82)41(80)31(20-72)92-55(48)95-47-32(21-73)93-54(46(85)44(47)83)90-25-10-8-23(9-11-25)13-26-50(87)66-36(38(77)27-14-61-56(58)65-27)52(89)67-37(39(78)29-15-62-57(59)69(29)53-45(84)42(81)40(79)30(19-71)91-53)51(88)64-28(18-70)49(86)60-16-34(75)68(17-33(74)63-26)24-6-4-3-5-7-24/h3-11,22,26-32,36-48,53-55,70-73,77-85H,12-21H2,1-2H3,(H2,59,62)(H,60,86)(H,63,74)(H,64,88)(H,66,87)(H,67,89)(H3,58,61,65). The van der Waals surface area contributed by atoms with Crippen molar-refractivity contribution in [3.05, 3.63) is 60.2 Å². The predicted molar refractivity (Wildman–Crippen MR) is 317 cm³/mol. The van der Waals surface area contributed by atoms with E-state index in [9.17, 15) is 99.9 Å². The molecule has 2 aromatic rings. The molecule has 6 aliphatic rings. The lowest BCUT2D eigenvalue weighted by Crippen LogP contribution is -2.69. The zero-order valence-corrected chi connectivity index (χ0v) is 51.1. The van der Waals surface area contributed by atoms with Crippen LogP contribution in [0.15, 0.2) is 54.6 Å². The van der Waals surface area contributed by atoms with Gasteiger partial charge in [-0.3, -0.25) is 44.4 Å². The predicted octanol–water partition coefficient (Wildman–Crippen LogP) is -11.9. The van der Waals surface area contributed by atoms with E-state index in [2.05, 4.69) is 42.5 Å². The molecule has 6 heterocycles. The summed E-state index contributed by atoms with van der Waals surface area (Å²) in [7, 11) is 0. The highest BCUT2D eigenvalue weighted by molar-refractivity contribution is 6.03. The number of ether oxygens (including phenoxy) is 6.